The van der Waals surface area contributed by atoms with Crippen molar-refractivity contribution in [1.82, 2.24) is 9.80 Å². The number of aryl methyl sites for hydroxylation is 1. The number of aliphatic hydroxyl groups excluding tert-OH is 1. The number of halogens is 1. The predicted octanol–water partition coefficient (Wildman–Crippen LogP) is 0.884. The van der Waals surface area contributed by atoms with Gasteiger partial charge in [0.15, 0.2) is 0 Å². The zero-order valence-corrected chi connectivity index (χ0v) is 11.1. The second kappa shape index (κ2) is 6.12. The van der Waals surface area contributed by atoms with E-state index in [0.717, 1.165) is 18.7 Å². The van der Waals surface area contributed by atoms with E-state index in [-0.39, 0.29) is 18.3 Å². The topological polar surface area (TPSA) is 43.8 Å². The molecule has 0 atom stereocenters. The van der Waals surface area contributed by atoms with Gasteiger partial charge < -0.3 is 10.0 Å². The summed E-state index contributed by atoms with van der Waals surface area (Å²) in [6.45, 7) is 5.33. The molecule has 0 aromatic heterocycles. The summed E-state index contributed by atoms with van der Waals surface area (Å²) in [5.74, 6) is -0.492. The molecule has 2 rings (SSSR count). The smallest absolute Gasteiger partial charge is 0.254 e. The summed E-state index contributed by atoms with van der Waals surface area (Å²) in [7, 11) is 0. The molecule has 4 nitrogen and oxygen atoms in total. The zero-order valence-electron chi connectivity index (χ0n) is 11.1. The normalized spacial score (nSPS) is 16.7. The number of nitrogens with zero attached hydrogens (tertiary/aromatic N) is 2. The maximum atomic E-state index is 13.2. The minimum atomic E-state index is -0.382. The van der Waals surface area contributed by atoms with Gasteiger partial charge in [-0.15, -0.1) is 0 Å². The first kappa shape index (κ1) is 14.0. The molecule has 1 aliphatic heterocycles. The number of benzene rings is 1. The van der Waals surface area contributed by atoms with Crippen molar-refractivity contribution in [2.24, 2.45) is 0 Å². The summed E-state index contributed by atoms with van der Waals surface area (Å²) < 4.78 is 13.2. The highest BCUT2D eigenvalue weighted by atomic mass is 19.1. The van der Waals surface area contributed by atoms with E-state index in [9.17, 15) is 9.18 Å². The molecule has 1 aromatic carbocycles. The number of amides is 1. The van der Waals surface area contributed by atoms with E-state index in [4.69, 9.17) is 5.11 Å². The molecular weight excluding hydrogens is 247 g/mol. The van der Waals surface area contributed by atoms with Crippen LogP contribution in [0, 0.1) is 12.7 Å². The summed E-state index contributed by atoms with van der Waals surface area (Å²) in [6, 6.07) is 4.30. The standard InChI is InChI=1S/C14H19FN2O2/c1-11-2-3-12(15)10-13(11)14(19)17-6-4-16(5-7-17)8-9-18/h2-3,10,18H,4-9H2,1H3. The summed E-state index contributed by atoms with van der Waals surface area (Å²) in [6.07, 6.45) is 0. The number of piperazine rings is 1. The van der Waals surface area contributed by atoms with Crippen molar-refractivity contribution in [2.45, 2.75) is 6.92 Å². The molecule has 0 radical (unpaired) electrons. The highest BCUT2D eigenvalue weighted by Crippen LogP contribution is 2.14. The second-order valence-corrected chi connectivity index (χ2v) is 4.82. The van der Waals surface area contributed by atoms with E-state index >= 15 is 0 Å². The van der Waals surface area contributed by atoms with Gasteiger partial charge >= 0.3 is 0 Å². The Morgan fingerprint density at radius 1 is 1.32 bits per heavy atom. The summed E-state index contributed by atoms with van der Waals surface area (Å²) in [5, 5.41) is 8.87. The molecule has 19 heavy (non-hydrogen) atoms. The molecule has 0 saturated carbocycles. The Morgan fingerprint density at radius 2 is 2.00 bits per heavy atom. The number of hydrogen-bond acceptors (Lipinski definition) is 3. The molecule has 0 aliphatic carbocycles. The Morgan fingerprint density at radius 3 is 2.63 bits per heavy atom. The summed E-state index contributed by atoms with van der Waals surface area (Å²) >= 11 is 0. The largest absolute Gasteiger partial charge is 0.395 e. The van der Waals surface area contributed by atoms with Crippen LogP contribution in [0.5, 0.6) is 0 Å². The first-order valence-electron chi connectivity index (χ1n) is 6.50. The van der Waals surface area contributed by atoms with E-state index in [1.54, 1.807) is 11.0 Å². The van der Waals surface area contributed by atoms with Crippen molar-refractivity contribution in [1.29, 1.82) is 0 Å². The van der Waals surface area contributed by atoms with E-state index in [0.29, 0.717) is 25.2 Å². The van der Waals surface area contributed by atoms with E-state index in [2.05, 4.69) is 4.90 Å². The van der Waals surface area contributed by atoms with Crippen LogP contribution < -0.4 is 0 Å². The first-order valence-corrected chi connectivity index (χ1v) is 6.50. The fourth-order valence-corrected chi connectivity index (χ4v) is 2.31. The lowest BCUT2D eigenvalue weighted by molar-refractivity contribution is 0.0614. The lowest BCUT2D eigenvalue weighted by Gasteiger charge is -2.34. The Kier molecular flexibility index (Phi) is 4.50. The molecule has 1 aliphatic rings. The third-order valence-corrected chi connectivity index (χ3v) is 3.51. The Bertz CT molecular complexity index is 457. The lowest BCUT2D eigenvalue weighted by Crippen LogP contribution is -2.49. The molecule has 0 bridgehead atoms. The molecule has 0 unspecified atom stereocenters. The van der Waals surface area contributed by atoms with Gasteiger partial charge in [-0.25, -0.2) is 4.39 Å². The molecule has 1 saturated heterocycles. The van der Waals surface area contributed by atoms with Crippen LogP contribution in [0.3, 0.4) is 0 Å². The Hall–Kier alpha value is -1.46. The minimum absolute atomic E-state index is 0.111. The molecule has 1 N–H and O–H groups in total. The third-order valence-electron chi connectivity index (χ3n) is 3.51. The monoisotopic (exact) mass is 266 g/mol. The Labute approximate surface area is 112 Å². The highest BCUT2D eigenvalue weighted by molar-refractivity contribution is 5.95. The molecular formula is C14H19FN2O2. The minimum Gasteiger partial charge on any atom is -0.395 e. The number of aliphatic hydroxyl groups is 1. The van der Waals surface area contributed by atoms with Gasteiger partial charge in [-0.1, -0.05) is 6.07 Å². The zero-order chi connectivity index (χ0) is 13.8. The van der Waals surface area contributed by atoms with Crippen molar-refractivity contribution in [3.63, 3.8) is 0 Å². The van der Waals surface area contributed by atoms with Crippen LogP contribution in [0.4, 0.5) is 4.39 Å². The van der Waals surface area contributed by atoms with Crippen LogP contribution in [-0.2, 0) is 0 Å². The van der Waals surface area contributed by atoms with Crippen LogP contribution in [0.15, 0.2) is 18.2 Å². The first-order chi connectivity index (χ1) is 9.11. The number of β-amino-alcohol motifs (C(OH)–C–C–N with tert-alkyl or cyclic N) is 1. The van der Waals surface area contributed by atoms with Crippen LogP contribution in [0.2, 0.25) is 0 Å². The van der Waals surface area contributed by atoms with Crippen molar-refractivity contribution < 1.29 is 14.3 Å². The molecule has 1 aromatic rings. The van der Waals surface area contributed by atoms with Gasteiger partial charge in [-0.05, 0) is 24.6 Å². The van der Waals surface area contributed by atoms with Crippen LogP contribution >= 0.6 is 0 Å². The summed E-state index contributed by atoms with van der Waals surface area (Å²) in [4.78, 5) is 16.2. The van der Waals surface area contributed by atoms with Gasteiger partial charge in [-0.3, -0.25) is 9.69 Å². The molecule has 0 spiro atoms. The fourth-order valence-electron chi connectivity index (χ4n) is 2.31. The van der Waals surface area contributed by atoms with Crippen LogP contribution in [0.1, 0.15) is 15.9 Å². The molecule has 5 heteroatoms. The van der Waals surface area contributed by atoms with E-state index in [1.807, 2.05) is 6.92 Å². The van der Waals surface area contributed by atoms with Gasteiger partial charge in [0.1, 0.15) is 5.82 Å². The second-order valence-electron chi connectivity index (χ2n) is 4.82. The average molecular weight is 266 g/mol. The maximum absolute atomic E-state index is 13.2. The fraction of sp³-hybridized carbons (Fsp3) is 0.500. The summed E-state index contributed by atoms with van der Waals surface area (Å²) in [5.41, 5.74) is 1.24. The van der Waals surface area contributed by atoms with Crippen LogP contribution in [0.25, 0.3) is 0 Å². The van der Waals surface area contributed by atoms with Crippen molar-refractivity contribution in [3.05, 3.63) is 35.1 Å². The van der Waals surface area contributed by atoms with Gasteiger partial charge in [-0.2, -0.15) is 0 Å². The number of rotatable bonds is 3. The van der Waals surface area contributed by atoms with Gasteiger partial charge in [0, 0.05) is 38.3 Å². The quantitative estimate of drug-likeness (QED) is 0.883. The maximum Gasteiger partial charge on any atom is 0.254 e. The van der Waals surface area contributed by atoms with Crippen molar-refractivity contribution in [3.8, 4) is 0 Å². The van der Waals surface area contributed by atoms with E-state index in [1.165, 1.54) is 12.1 Å². The Balaban J connectivity index is 2.03. The molecule has 1 amide bonds. The lowest BCUT2D eigenvalue weighted by atomic mass is 10.1. The van der Waals surface area contributed by atoms with Crippen molar-refractivity contribution in [2.75, 3.05) is 39.3 Å². The van der Waals surface area contributed by atoms with Gasteiger partial charge in [0.2, 0.25) is 0 Å². The molecule has 1 heterocycles. The SMILES string of the molecule is Cc1ccc(F)cc1C(=O)N1CCN(CCO)CC1. The van der Waals surface area contributed by atoms with Crippen molar-refractivity contribution >= 4 is 5.91 Å². The predicted molar refractivity (Wildman–Crippen MR) is 70.6 cm³/mol. The number of carbonyl (C=O) groups is 1. The average Bonchev–Trinajstić information content (AvgIpc) is 2.42. The number of hydrogen-bond donors (Lipinski definition) is 1. The van der Waals surface area contributed by atoms with Crippen LogP contribution in [-0.4, -0.2) is 60.1 Å². The van der Waals surface area contributed by atoms with Gasteiger partial charge in [0.05, 0.1) is 6.61 Å². The molecule has 104 valence electrons. The molecule has 1 fully saturated rings. The highest BCUT2D eigenvalue weighted by Gasteiger charge is 2.23. The van der Waals surface area contributed by atoms with E-state index < -0.39 is 0 Å². The van der Waals surface area contributed by atoms with Gasteiger partial charge in [0.25, 0.3) is 5.91 Å². The number of carbonyl (C=O) groups excluding carboxylic acids is 1. The third kappa shape index (κ3) is 3.30.